The van der Waals surface area contributed by atoms with E-state index in [-0.39, 0.29) is 16.6 Å². The van der Waals surface area contributed by atoms with Crippen molar-refractivity contribution in [1.82, 2.24) is 15.2 Å². The number of nitrogens with zero attached hydrogens (tertiary/aromatic N) is 2. The van der Waals surface area contributed by atoms with Gasteiger partial charge in [-0.1, -0.05) is 23.4 Å². The number of aromatic amines is 1. The number of aromatic nitrogens is 3. The third-order valence-corrected chi connectivity index (χ3v) is 3.84. The molecular weight excluding hydrogens is 328 g/mol. The van der Waals surface area contributed by atoms with Crippen LogP contribution >= 0.6 is 23.4 Å². The molecule has 9 heteroatoms. The molecule has 0 aliphatic heterocycles. The first-order chi connectivity index (χ1) is 10.5. The second-order valence-corrected chi connectivity index (χ2v) is 6.00. The van der Waals surface area contributed by atoms with Crippen LogP contribution in [0.2, 0.25) is 5.02 Å². The Kier molecular flexibility index (Phi) is 5.40. The summed E-state index contributed by atoms with van der Waals surface area (Å²) < 4.78 is 5.16. The van der Waals surface area contributed by atoms with Gasteiger partial charge in [0.2, 0.25) is 5.91 Å². The number of amides is 1. The maximum atomic E-state index is 12.2. The monoisotopic (exact) mass is 340 g/mol. The summed E-state index contributed by atoms with van der Waals surface area (Å²) >= 11 is 7.00. The van der Waals surface area contributed by atoms with Gasteiger partial charge in [-0.05, 0) is 25.1 Å². The number of hydrogen-bond donors (Lipinski definition) is 2. The summed E-state index contributed by atoms with van der Waals surface area (Å²) in [6.07, 6.45) is 1.06. The van der Waals surface area contributed by atoms with Crippen molar-refractivity contribution >= 4 is 35.0 Å². The molecule has 0 bridgehead atoms. The van der Waals surface area contributed by atoms with E-state index in [2.05, 4.69) is 20.5 Å². The Morgan fingerprint density at radius 1 is 1.50 bits per heavy atom. The molecule has 0 aliphatic carbocycles. The summed E-state index contributed by atoms with van der Waals surface area (Å²) in [5.41, 5.74) is 0.0988. The maximum Gasteiger partial charge on any atom is 0.270 e. The summed E-state index contributed by atoms with van der Waals surface area (Å²) in [6, 6.07) is 4.92. The Bertz CT molecular complexity index is 737. The predicted molar refractivity (Wildman–Crippen MR) is 84.6 cm³/mol. The third kappa shape index (κ3) is 4.22. The molecule has 0 unspecified atom stereocenters. The van der Waals surface area contributed by atoms with Crippen LogP contribution in [0.4, 0.5) is 5.69 Å². The van der Waals surface area contributed by atoms with Crippen molar-refractivity contribution in [3.63, 3.8) is 0 Å². The minimum atomic E-state index is -0.504. The summed E-state index contributed by atoms with van der Waals surface area (Å²) in [6.45, 7) is 1.68. The number of hydrogen-bond acceptors (Lipinski definition) is 6. The van der Waals surface area contributed by atoms with Gasteiger partial charge in [-0.2, -0.15) is 5.10 Å². The van der Waals surface area contributed by atoms with Crippen LogP contribution in [0, 0.1) is 0 Å². The normalized spacial score (nSPS) is 11.8. The van der Waals surface area contributed by atoms with Crippen molar-refractivity contribution in [1.29, 1.82) is 0 Å². The number of anilines is 1. The van der Waals surface area contributed by atoms with Gasteiger partial charge in [-0.25, -0.2) is 0 Å². The van der Waals surface area contributed by atoms with Gasteiger partial charge in [0.1, 0.15) is 11.9 Å². The molecule has 1 amide bonds. The minimum Gasteiger partial charge on any atom is -0.495 e. The number of benzene rings is 1. The lowest BCUT2D eigenvalue weighted by molar-refractivity contribution is -0.115. The molecule has 2 N–H and O–H groups in total. The summed E-state index contributed by atoms with van der Waals surface area (Å²) in [7, 11) is 1.50. The number of carbonyl (C=O) groups is 1. The smallest absolute Gasteiger partial charge is 0.270 e. The number of nitrogens with one attached hydrogen (secondary N) is 2. The molecule has 0 spiro atoms. The number of rotatable bonds is 5. The third-order valence-electron chi connectivity index (χ3n) is 2.63. The van der Waals surface area contributed by atoms with Crippen LogP contribution in [0.25, 0.3) is 0 Å². The molecule has 1 aromatic carbocycles. The number of thioether (sulfide) groups is 1. The van der Waals surface area contributed by atoms with E-state index in [0.29, 0.717) is 16.5 Å². The van der Waals surface area contributed by atoms with Crippen molar-refractivity contribution < 1.29 is 9.53 Å². The fraction of sp³-hybridized carbons (Fsp3) is 0.231. The van der Waals surface area contributed by atoms with Crippen molar-refractivity contribution in [2.24, 2.45) is 0 Å². The van der Waals surface area contributed by atoms with E-state index in [1.54, 1.807) is 25.1 Å². The molecule has 0 radical (unpaired) electrons. The zero-order valence-corrected chi connectivity index (χ0v) is 13.4. The molecule has 0 saturated heterocycles. The highest BCUT2D eigenvalue weighted by atomic mass is 35.5. The first kappa shape index (κ1) is 16.3. The maximum absolute atomic E-state index is 12.2. The molecule has 2 rings (SSSR count). The van der Waals surface area contributed by atoms with Crippen LogP contribution in [0.5, 0.6) is 5.75 Å². The van der Waals surface area contributed by atoms with Crippen LogP contribution in [0.1, 0.15) is 6.92 Å². The lowest BCUT2D eigenvalue weighted by Gasteiger charge is -2.13. The number of carbonyl (C=O) groups excluding carboxylic acids is 1. The Labute approximate surface area is 135 Å². The molecule has 2 aromatic rings. The Morgan fingerprint density at radius 3 is 2.95 bits per heavy atom. The Balaban J connectivity index is 2.08. The number of methoxy groups -OCH3 is 1. The molecule has 0 saturated carbocycles. The molecular formula is C13H13ClN4O3S. The van der Waals surface area contributed by atoms with Gasteiger partial charge in [0.15, 0.2) is 5.16 Å². The zero-order valence-electron chi connectivity index (χ0n) is 11.8. The molecule has 1 atom stereocenters. The molecule has 7 nitrogen and oxygen atoms in total. The van der Waals surface area contributed by atoms with Gasteiger partial charge in [-0.15, -0.1) is 5.10 Å². The fourth-order valence-electron chi connectivity index (χ4n) is 1.58. The average molecular weight is 341 g/mol. The van der Waals surface area contributed by atoms with E-state index < -0.39 is 5.25 Å². The largest absolute Gasteiger partial charge is 0.495 e. The van der Waals surface area contributed by atoms with Crippen LogP contribution in [0.15, 0.2) is 34.3 Å². The highest BCUT2D eigenvalue weighted by molar-refractivity contribution is 8.00. The highest BCUT2D eigenvalue weighted by Crippen LogP contribution is 2.28. The Morgan fingerprint density at radius 2 is 2.27 bits per heavy atom. The average Bonchev–Trinajstić information content (AvgIpc) is 2.47. The topological polar surface area (TPSA) is 97.0 Å². The van der Waals surface area contributed by atoms with Crippen LogP contribution < -0.4 is 15.6 Å². The predicted octanol–water partition coefficient (Wildman–Crippen LogP) is 1.95. The lowest BCUT2D eigenvalue weighted by Crippen LogP contribution is -2.23. The van der Waals surface area contributed by atoms with Gasteiger partial charge in [0.05, 0.1) is 18.0 Å². The van der Waals surface area contributed by atoms with E-state index >= 15 is 0 Å². The first-order valence-electron chi connectivity index (χ1n) is 6.22. The summed E-state index contributed by atoms with van der Waals surface area (Å²) in [5.74, 6) is 0.222. The Hall–Kier alpha value is -2.06. The number of halogens is 1. The van der Waals surface area contributed by atoms with Gasteiger partial charge in [-0.3, -0.25) is 14.6 Å². The number of ether oxygens (including phenoxy) is 1. The van der Waals surface area contributed by atoms with Gasteiger partial charge >= 0.3 is 0 Å². The molecule has 0 fully saturated rings. The first-order valence-corrected chi connectivity index (χ1v) is 7.48. The lowest BCUT2D eigenvalue weighted by atomic mass is 10.3. The van der Waals surface area contributed by atoms with Crippen LogP contribution in [-0.4, -0.2) is 33.4 Å². The van der Waals surface area contributed by atoms with E-state index in [4.69, 9.17) is 16.3 Å². The van der Waals surface area contributed by atoms with Crippen molar-refractivity contribution in [2.75, 3.05) is 12.4 Å². The minimum absolute atomic E-state index is 0.271. The fourth-order valence-corrected chi connectivity index (χ4v) is 2.51. The highest BCUT2D eigenvalue weighted by Gasteiger charge is 2.18. The molecule has 1 aromatic heterocycles. The summed E-state index contributed by atoms with van der Waals surface area (Å²) in [4.78, 5) is 25.9. The quantitative estimate of drug-likeness (QED) is 0.807. The number of H-pyrrole nitrogens is 1. The standard InChI is InChI=1S/C13H13ClN4O3S/c1-7(22-13-17-11(19)6-15-18-13)12(20)16-9-5-8(14)3-4-10(9)21-2/h3-7H,1-2H3,(H,16,20)(H,17,18,19)/t7-/m1/s1. The van der Waals surface area contributed by atoms with E-state index in [0.717, 1.165) is 18.0 Å². The molecule has 116 valence electrons. The van der Waals surface area contributed by atoms with Gasteiger partial charge in [0, 0.05) is 5.02 Å². The van der Waals surface area contributed by atoms with E-state index in [1.165, 1.54) is 7.11 Å². The summed E-state index contributed by atoms with van der Waals surface area (Å²) in [5, 5.41) is 10.3. The second-order valence-electron chi connectivity index (χ2n) is 4.23. The molecule has 0 aliphatic rings. The second kappa shape index (κ2) is 7.28. The van der Waals surface area contributed by atoms with Crippen molar-refractivity contribution in [2.45, 2.75) is 17.3 Å². The zero-order chi connectivity index (χ0) is 16.1. The van der Waals surface area contributed by atoms with Gasteiger partial charge < -0.3 is 10.1 Å². The van der Waals surface area contributed by atoms with Crippen LogP contribution in [0.3, 0.4) is 0 Å². The molecule has 22 heavy (non-hydrogen) atoms. The van der Waals surface area contributed by atoms with Crippen molar-refractivity contribution in [3.8, 4) is 5.75 Å². The van der Waals surface area contributed by atoms with Crippen LogP contribution in [-0.2, 0) is 4.79 Å². The van der Waals surface area contributed by atoms with E-state index in [9.17, 15) is 9.59 Å². The van der Waals surface area contributed by atoms with Gasteiger partial charge in [0.25, 0.3) is 5.56 Å². The van der Waals surface area contributed by atoms with E-state index in [1.807, 2.05) is 0 Å². The van der Waals surface area contributed by atoms with Crippen molar-refractivity contribution in [3.05, 3.63) is 39.8 Å². The SMILES string of the molecule is COc1ccc(Cl)cc1NC(=O)[C@@H](C)Sc1nncc(=O)[nH]1. The molecule has 1 heterocycles.